The van der Waals surface area contributed by atoms with Crippen molar-refractivity contribution in [3.63, 3.8) is 0 Å². The maximum Gasteiger partial charge on any atom is 0.224 e. The molecule has 0 radical (unpaired) electrons. The minimum atomic E-state index is 0.0696. The Morgan fingerprint density at radius 1 is 1.14 bits per heavy atom. The summed E-state index contributed by atoms with van der Waals surface area (Å²) in [6.07, 6.45) is 8.13. The molecule has 1 amide bonds. The molecule has 0 aromatic heterocycles. The third-order valence-electron chi connectivity index (χ3n) is 5.88. The van der Waals surface area contributed by atoms with Crippen LogP contribution in [-0.4, -0.2) is 48.5 Å². The zero-order chi connectivity index (χ0) is 20.5. The molecular weight excluding hydrogens is 362 g/mol. The van der Waals surface area contributed by atoms with Crippen LogP contribution < -0.4 is 16.0 Å². The number of likely N-dealkylation sites (tertiary alicyclic amines) is 1. The molecule has 1 saturated heterocycles. The molecule has 2 aliphatic rings. The van der Waals surface area contributed by atoms with Crippen LogP contribution in [0.25, 0.3) is 0 Å². The minimum absolute atomic E-state index is 0.0696. The first kappa shape index (κ1) is 21.6. The van der Waals surface area contributed by atoms with E-state index in [1.807, 2.05) is 31.2 Å². The van der Waals surface area contributed by atoms with Gasteiger partial charge in [-0.05, 0) is 50.3 Å². The third kappa shape index (κ3) is 6.74. The van der Waals surface area contributed by atoms with Crippen LogP contribution in [0.4, 0.5) is 5.69 Å². The quantitative estimate of drug-likeness (QED) is 0.462. The van der Waals surface area contributed by atoms with Crippen molar-refractivity contribution in [2.45, 2.75) is 77.4 Å². The van der Waals surface area contributed by atoms with Crippen LogP contribution in [0.1, 0.15) is 64.4 Å². The van der Waals surface area contributed by atoms with Gasteiger partial charge in [0, 0.05) is 43.8 Å². The van der Waals surface area contributed by atoms with Crippen molar-refractivity contribution < 1.29 is 4.79 Å². The van der Waals surface area contributed by atoms with Gasteiger partial charge in [0.1, 0.15) is 0 Å². The number of aliphatic imine (C=N–C) groups is 1. The van der Waals surface area contributed by atoms with Gasteiger partial charge in [0.15, 0.2) is 5.96 Å². The van der Waals surface area contributed by atoms with E-state index in [9.17, 15) is 4.79 Å². The lowest BCUT2D eigenvalue weighted by Crippen LogP contribution is -2.45. The number of amides is 1. The van der Waals surface area contributed by atoms with Gasteiger partial charge in [-0.1, -0.05) is 31.9 Å². The first-order valence-electron chi connectivity index (χ1n) is 11.4. The van der Waals surface area contributed by atoms with Crippen LogP contribution in [0, 0.1) is 0 Å². The second-order valence-electron chi connectivity index (χ2n) is 8.25. The highest BCUT2D eigenvalue weighted by Gasteiger charge is 2.30. The van der Waals surface area contributed by atoms with Gasteiger partial charge in [-0.15, -0.1) is 0 Å². The van der Waals surface area contributed by atoms with Crippen LogP contribution in [0.5, 0.6) is 0 Å². The molecular formula is C23H37N5O. The van der Waals surface area contributed by atoms with Crippen LogP contribution in [0.2, 0.25) is 0 Å². The Morgan fingerprint density at radius 3 is 2.59 bits per heavy atom. The maximum absolute atomic E-state index is 11.7. The second-order valence-corrected chi connectivity index (χ2v) is 8.25. The Balaban J connectivity index is 1.50. The van der Waals surface area contributed by atoms with E-state index in [-0.39, 0.29) is 5.91 Å². The maximum atomic E-state index is 11.7. The number of carbonyl (C=O) groups is 1. The largest absolute Gasteiger partial charge is 0.357 e. The lowest BCUT2D eigenvalue weighted by Gasteiger charge is -2.24. The second kappa shape index (κ2) is 11.2. The van der Waals surface area contributed by atoms with Gasteiger partial charge < -0.3 is 16.0 Å². The smallest absolute Gasteiger partial charge is 0.224 e. The molecule has 1 aliphatic carbocycles. The van der Waals surface area contributed by atoms with Gasteiger partial charge in [0.25, 0.3) is 0 Å². The highest BCUT2D eigenvalue weighted by atomic mass is 16.1. The normalized spacial score (nSPS) is 20.8. The fraction of sp³-hybridized carbons (Fsp3) is 0.652. The molecule has 0 spiro atoms. The predicted octanol–water partition coefficient (Wildman–Crippen LogP) is 3.50. The fourth-order valence-corrected chi connectivity index (χ4v) is 4.33. The minimum Gasteiger partial charge on any atom is -0.357 e. The molecule has 29 heavy (non-hydrogen) atoms. The van der Waals surface area contributed by atoms with E-state index in [4.69, 9.17) is 4.99 Å². The summed E-state index contributed by atoms with van der Waals surface area (Å²) in [6, 6.07) is 9.25. The number of rotatable bonds is 8. The molecule has 6 heteroatoms. The van der Waals surface area contributed by atoms with Crippen molar-refractivity contribution in [3.05, 3.63) is 29.8 Å². The van der Waals surface area contributed by atoms with Gasteiger partial charge in [-0.25, -0.2) is 4.99 Å². The van der Waals surface area contributed by atoms with Crippen molar-refractivity contribution in [2.24, 2.45) is 4.99 Å². The monoisotopic (exact) mass is 399 g/mol. The van der Waals surface area contributed by atoms with Crippen molar-refractivity contribution in [1.82, 2.24) is 15.5 Å². The molecule has 3 rings (SSSR count). The number of guanidine groups is 1. The van der Waals surface area contributed by atoms with E-state index >= 15 is 0 Å². The van der Waals surface area contributed by atoms with Crippen molar-refractivity contribution in [3.8, 4) is 0 Å². The fourth-order valence-electron chi connectivity index (χ4n) is 4.33. The Labute approximate surface area is 175 Å². The summed E-state index contributed by atoms with van der Waals surface area (Å²) in [7, 11) is 0. The number of carbonyl (C=O) groups excluding carboxylic acids is 1. The van der Waals surface area contributed by atoms with Gasteiger partial charge in [-0.3, -0.25) is 9.69 Å². The molecule has 1 saturated carbocycles. The number of nitrogens with zero attached hydrogens (tertiary/aromatic N) is 2. The molecule has 160 valence electrons. The predicted molar refractivity (Wildman–Crippen MR) is 120 cm³/mol. The van der Waals surface area contributed by atoms with Crippen LogP contribution >= 0.6 is 0 Å². The Bertz CT molecular complexity index is 666. The molecule has 1 aromatic carbocycles. The molecule has 1 unspecified atom stereocenters. The van der Waals surface area contributed by atoms with Crippen LogP contribution in [-0.2, 0) is 11.3 Å². The number of benzene rings is 1. The summed E-state index contributed by atoms with van der Waals surface area (Å²) < 4.78 is 0. The topological polar surface area (TPSA) is 68.8 Å². The van der Waals surface area contributed by atoms with Crippen LogP contribution in [0.15, 0.2) is 29.3 Å². The van der Waals surface area contributed by atoms with E-state index in [2.05, 4.69) is 27.8 Å². The average molecular weight is 400 g/mol. The summed E-state index contributed by atoms with van der Waals surface area (Å²) in [5.74, 6) is 0.964. The molecule has 2 fully saturated rings. The van der Waals surface area contributed by atoms with Gasteiger partial charge in [0.2, 0.25) is 5.91 Å². The van der Waals surface area contributed by atoms with Crippen molar-refractivity contribution >= 4 is 17.6 Å². The van der Waals surface area contributed by atoms with Gasteiger partial charge in [-0.2, -0.15) is 0 Å². The molecule has 1 aromatic rings. The molecule has 3 N–H and O–H groups in total. The molecule has 6 nitrogen and oxygen atoms in total. The highest BCUT2D eigenvalue weighted by Crippen LogP contribution is 2.26. The number of anilines is 1. The van der Waals surface area contributed by atoms with Crippen LogP contribution in [0.3, 0.4) is 0 Å². The number of nitrogens with one attached hydrogen (secondary N) is 3. The van der Waals surface area contributed by atoms with Crippen molar-refractivity contribution in [1.29, 1.82) is 0 Å². The van der Waals surface area contributed by atoms with Gasteiger partial charge in [0.05, 0.1) is 6.54 Å². The Kier molecular flexibility index (Phi) is 8.35. The highest BCUT2D eigenvalue weighted by molar-refractivity contribution is 5.90. The van der Waals surface area contributed by atoms with E-state index in [1.165, 1.54) is 38.6 Å². The summed E-state index contributed by atoms with van der Waals surface area (Å²) in [5, 5.41) is 9.94. The number of hydrogen-bond donors (Lipinski definition) is 3. The van der Waals surface area contributed by atoms with E-state index in [0.29, 0.717) is 19.0 Å². The lowest BCUT2D eigenvalue weighted by atomic mass is 10.2. The average Bonchev–Trinajstić information content (AvgIpc) is 3.39. The Morgan fingerprint density at radius 2 is 1.90 bits per heavy atom. The molecule has 0 bridgehead atoms. The number of hydrogen-bond acceptors (Lipinski definition) is 3. The van der Waals surface area contributed by atoms with E-state index in [1.54, 1.807) is 0 Å². The van der Waals surface area contributed by atoms with E-state index < -0.39 is 0 Å². The summed E-state index contributed by atoms with van der Waals surface area (Å²) in [4.78, 5) is 19.1. The SMILES string of the molecule is CCCC(=O)Nc1ccc(CN=C(NCC)NC2CCN(C3CCCC3)C2)cc1. The Hall–Kier alpha value is -2.08. The third-order valence-corrected chi connectivity index (χ3v) is 5.88. The van der Waals surface area contributed by atoms with E-state index in [0.717, 1.165) is 42.8 Å². The zero-order valence-corrected chi connectivity index (χ0v) is 18.0. The zero-order valence-electron chi connectivity index (χ0n) is 18.0. The first-order chi connectivity index (χ1) is 14.2. The van der Waals surface area contributed by atoms with Crippen molar-refractivity contribution in [2.75, 3.05) is 25.0 Å². The summed E-state index contributed by atoms with van der Waals surface area (Å²) in [5.41, 5.74) is 1.98. The molecule has 1 aliphatic heterocycles. The lowest BCUT2D eigenvalue weighted by molar-refractivity contribution is -0.116. The molecule has 1 atom stereocenters. The molecule has 1 heterocycles. The first-order valence-corrected chi connectivity index (χ1v) is 11.4. The van der Waals surface area contributed by atoms with Gasteiger partial charge >= 0.3 is 0 Å². The summed E-state index contributed by atoms with van der Waals surface area (Å²) >= 11 is 0. The summed E-state index contributed by atoms with van der Waals surface area (Å²) in [6.45, 7) is 7.91. The standard InChI is InChI=1S/C23H37N5O/c1-3-7-22(29)26-19-12-10-18(11-13-19)16-25-23(24-4-2)27-20-14-15-28(17-20)21-8-5-6-9-21/h10-13,20-21H,3-9,14-17H2,1-2H3,(H,26,29)(H2,24,25,27).